The Hall–Kier alpha value is -0.610. The number of hydrogen-bond donors (Lipinski definition) is 2. The lowest BCUT2D eigenvalue weighted by molar-refractivity contribution is -0.136. The van der Waals surface area contributed by atoms with Gasteiger partial charge in [-0.05, 0) is 18.8 Å². The standard InChI is InChI=1S/C10H20N2O2/c1-3-8(11)10(14)12-5-4-9(13)7(2)6-12/h7-9,13H,3-6,11H2,1-2H3/t7?,8-,9?/m1/s1. The summed E-state index contributed by atoms with van der Waals surface area (Å²) in [5.74, 6) is 0.183. The van der Waals surface area contributed by atoms with Gasteiger partial charge in [-0.2, -0.15) is 0 Å². The highest BCUT2D eigenvalue weighted by molar-refractivity contribution is 5.81. The Morgan fingerprint density at radius 2 is 2.36 bits per heavy atom. The number of amides is 1. The number of piperidine rings is 1. The molecular weight excluding hydrogens is 180 g/mol. The minimum Gasteiger partial charge on any atom is -0.393 e. The normalized spacial score (nSPS) is 30.1. The third-order valence-corrected chi connectivity index (χ3v) is 2.93. The van der Waals surface area contributed by atoms with E-state index in [0.29, 0.717) is 25.9 Å². The van der Waals surface area contributed by atoms with Crippen LogP contribution in [0.1, 0.15) is 26.7 Å². The molecule has 2 unspecified atom stereocenters. The molecule has 0 aromatic carbocycles. The lowest BCUT2D eigenvalue weighted by Crippen LogP contribution is -2.50. The molecule has 1 aliphatic rings. The highest BCUT2D eigenvalue weighted by Gasteiger charge is 2.28. The van der Waals surface area contributed by atoms with Crippen LogP contribution in [0.25, 0.3) is 0 Å². The Kier molecular flexibility index (Phi) is 3.89. The monoisotopic (exact) mass is 200 g/mol. The molecule has 1 aliphatic heterocycles. The molecule has 14 heavy (non-hydrogen) atoms. The summed E-state index contributed by atoms with van der Waals surface area (Å²) in [7, 11) is 0. The maximum atomic E-state index is 11.7. The molecule has 1 fully saturated rings. The first-order valence-corrected chi connectivity index (χ1v) is 5.28. The molecule has 0 aromatic heterocycles. The van der Waals surface area contributed by atoms with Gasteiger partial charge in [-0.25, -0.2) is 0 Å². The molecule has 1 saturated heterocycles. The van der Waals surface area contributed by atoms with Gasteiger partial charge in [-0.3, -0.25) is 4.79 Å². The molecule has 0 aromatic rings. The Morgan fingerprint density at radius 1 is 1.71 bits per heavy atom. The topological polar surface area (TPSA) is 66.6 Å². The molecule has 1 rings (SSSR count). The highest BCUT2D eigenvalue weighted by atomic mass is 16.3. The van der Waals surface area contributed by atoms with Crippen molar-refractivity contribution in [1.82, 2.24) is 4.90 Å². The molecule has 4 nitrogen and oxygen atoms in total. The van der Waals surface area contributed by atoms with Crippen molar-refractivity contribution in [3.63, 3.8) is 0 Å². The van der Waals surface area contributed by atoms with Gasteiger partial charge in [-0.1, -0.05) is 13.8 Å². The minimum absolute atomic E-state index is 0.0197. The summed E-state index contributed by atoms with van der Waals surface area (Å²) >= 11 is 0. The summed E-state index contributed by atoms with van der Waals surface area (Å²) in [6, 6.07) is -0.377. The van der Waals surface area contributed by atoms with E-state index in [-0.39, 0.29) is 24.0 Å². The smallest absolute Gasteiger partial charge is 0.239 e. The Balaban J connectivity index is 2.50. The second-order valence-corrected chi connectivity index (χ2v) is 4.13. The summed E-state index contributed by atoms with van der Waals surface area (Å²) in [5, 5.41) is 9.50. The SMILES string of the molecule is CC[C@@H](N)C(=O)N1CCC(O)C(C)C1. The number of carbonyl (C=O) groups excluding carboxylic acids is 1. The Labute approximate surface area is 85.1 Å². The van der Waals surface area contributed by atoms with Gasteiger partial charge in [0, 0.05) is 13.1 Å². The maximum absolute atomic E-state index is 11.7. The van der Waals surface area contributed by atoms with E-state index in [2.05, 4.69) is 0 Å². The quantitative estimate of drug-likeness (QED) is 0.657. The molecule has 0 bridgehead atoms. The van der Waals surface area contributed by atoms with E-state index in [1.807, 2.05) is 13.8 Å². The van der Waals surface area contributed by atoms with Crippen LogP contribution in [0.4, 0.5) is 0 Å². The van der Waals surface area contributed by atoms with Crippen molar-refractivity contribution in [2.24, 2.45) is 11.7 Å². The lowest BCUT2D eigenvalue weighted by Gasteiger charge is -2.35. The molecular formula is C10H20N2O2. The molecule has 1 amide bonds. The molecule has 4 heteroatoms. The molecule has 0 aliphatic carbocycles. The van der Waals surface area contributed by atoms with Crippen molar-refractivity contribution >= 4 is 5.91 Å². The molecule has 1 heterocycles. The second-order valence-electron chi connectivity index (χ2n) is 4.13. The number of hydrogen-bond acceptors (Lipinski definition) is 3. The number of likely N-dealkylation sites (tertiary alicyclic amines) is 1. The first kappa shape index (κ1) is 11.5. The van der Waals surface area contributed by atoms with Crippen LogP contribution < -0.4 is 5.73 Å². The summed E-state index contributed by atoms with van der Waals surface area (Å²) in [6.45, 7) is 5.14. The van der Waals surface area contributed by atoms with Crippen molar-refractivity contribution in [2.45, 2.75) is 38.8 Å². The molecule has 82 valence electrons. The predicted octanol–water partition coefficient (Wildman–Crippen LogP) is -0.0470. The Bertz CT molecular complexity index is 208. The van der Waals surface area contributed by atoms with Crippen molar-refractivity contribution < 1.29 is 9.90 Å². The first-order chi connectivity index (χ1) is 6.56. The number of rotatable bonds is 2. The van der Waals surface area contributed by atoms with E-state index in [4.69, 9.17) is 5.73 Å². The van der Waals surface area contributed by atoms with Crippen molar-refractivity contribution in [1.29, 1.82) is 0 Å². The van der Waals surface area contributed by atoms with Crippen molar-refractivity contribution in [2.75, 3.05) is 13.1 Å². The van der Waals surface area contributed by atoms with Crippen LogP contribution in [0.3, 0.4) is 0 Å². The molecule has 0 spiro atoms. The fourth-order valence-corrected chi connectivity index (χ4v) is 1.74. The third kappa shape index (κ3) is 2.45. The van der Waals surface area contributed by atoms with Gasteiger partial charge in [-0.15, -0.1) is 0 Å². The van der Waals surface area contributed by atoms with Crippen molar-refractivity contribution in [3.05, 3.63) is 0 Å². The molecule has 0 saturated carbocycles. The van der Waals surface area contributed by atoms with Crippen LogP contribution in [-0.4, -0.2) is 41.1 Å². The van der Waals surface area contributed by atoms with Gasteiger partial charge < -0.3 is 15.7 Å². The average molecular weight is 200 g/mol. The molecule has 3 N–H and O–H groups in total. The fourth-order valence-electron chi connectivity index (χ4n) is 1.74. The van der Waals surface area contributed by atoms with E-state index in [1.165, 1.54) is 0 Å². The summed E-state index contributed by atoms with van der Waals surface area (Å²) in [5.41, 5.74) is 5.67. The average Bonchev–Trinajstić information content (AvgIpc) is 2.20. The number of nitrogens with zero attached hydrogens (tertiary/aromatic N) is 1. The van der Waals surface area contributed by atoms with Gasteiger partial charge >= 0.3 is 0 Å². The first-order valence-electron chi connectivity index (χ1n) is 5.28. The van der Waals surface area contributed by atoms with Crippen molar-refractivity contribution in [3.8, 4) is 0 Å². The zero-order valence-corrected chi connectivity index (χ0v) is 8.94. The maximum Gasteiger partial charge on any atom is 0.239 e. The Morgan fingerprint density at radius 3 is 2.86 bits per heavy atom. The number of nitrogens with two attached hydrogens (primary N) is 1. The van der Waals surface area contributed by atoms with E-state index in [9.17, 15) is 9.90 Å². The summed E-state index contributed by atoms with van der Waals surface area (Å²) in [4.78, 5) is 13.5. The van der Waals surface area contributed by atoms with Crippen LogP contribution in [-0.2, 0) is 4.79 Å². The van der Waals surface area contributed by atoms with E-state index < -0.39 is 0 Å². The van der Waals surface area contributed by atoms with E-state index in [1.54, 1.807) is 4.90 Å². The van der Waals surface area contributed by atoms with Crippen LogP contribution >= 0.6 is 0 Å². The predicted molar refractivity (Wildman–Crippen MR) is 54.6 cm³/mol. The van der Waals surface area contributed by atoms with Crippen LogP contribution in [0.15, 0.2) is 0 Å². The number of carbonyl (C=O) groups is 1. The van der Waals surface area contributed by atoms with Crippen LogP contribution in [0.5, 0.6) is 0 Å². The van der Waals surface area contributed by atoms with Crippen LogP contribution in [0.2, 0.25) is 0 Å². The number of aliphatic hydroxyl groups excluding tert-OH is 1. The molecule has 3 atom stereocenters. The zero-order valence-electron chi connectivity index (χ0n) is 8.94. The second kappa shape index (κ2) is 4.75. The summed E-state index contributed by atoms with van der Waals surface area (Å²) in [6.07, 6.45) is 1.08. The molecule has 0 radical (unpaired) electrons. The van der Waals surface area contributed by atoms with Crippen LogP contribution in [0, 0.1) is 5.92 Å². The third-order valence-electron chi connectivity index (χ3n) is 2.93. The van der Waals surface area contributed by atoms with Gasteiger partial charge in [0.1, 0.15) is 0 Å². The van der Waals surface area contributed by atoms with Gasteiger partial charge in [0.05, 0.1) is 12.1 Å². The van der Waals surface area contributed by atoms with Gasteiger partial charge in [0.2, 0.25) is 5.91 Å². The van der Waals surface area contributed by atoms with E-state index in [0.717, 1.165) is 0 Å². The minimum atomic E-state index is -0.377. The number of aliphatic hydroxyl groups is 1. The largest absolute Gasteiger partial charge is 0.393 e. The van der Waals surface area contributed by atoms with Gasteiger partial charge in [0.15, 0.2) is 0 Å². The summed E-state index contributed by atoms with van der Waals surface area (Å²) < 4.78 is 0. The zero-order chi connectivity index (χ0) is 10.7. The lowest BCUT2D eigenvalue weighted by atomic mass is 9.96. The van der Waals surface area contributed by atoms with Gasteiger partial charge in [0.25, 0.3) is 0 Å². The highest BCUT2D eigenvalue weighted by Crippen LogP contribution is 2.17. The fraction of sp³-hybridized carbons (Fsp3) is 0.900. The van der Waals surface area contributed by atoms with E-state index >= 15 is 0 Å².